The summed E-state index contributed by atoms with van der Waals surface area (Å²) in [5.74, 6) is -3.29. The van der Waals surface area contributed by atoms with Gasteiger partial charge in [-0.05, 0) is 17.7 Å². The Morgan fingerprint density at radius 3 is 2.28 bits per heavy atom. The first-order valence-corrected chi connectivity index (χ1v) is 5.09. The highest BCUT2D eigenvalue weighted by Gasteiger charge is 2.43. The highest BCUT2D eigenvalue weighted by molar-refractivity contribution is 6.10. The van der Waals surface area contributed by atoms with Crippen LogP contribution in [-0.2, 0) is 20.8 Å². The summed E-state index contributed by atoms with van der Waals surface area (Å²) in [6, 6.07) is 3.12. The molecule has 0 aromatic carbocycles. The standard InChI is InChI=1S/C11H13N3O4/c12-9(16)6-11(13,10(17)18)8(15)5-7-1-3-14-4-2-7/h1-4H,5-6,13H2,(H2,12,16)(H,17,18)/t11-/m1/s1. The molecule has 1 rings (SSSR count). The Morgan fingerprint density at radius 1 is 1.28 bits per heavy atom. The molecule has 1 amide bonds. The summed E-state index contributed by atoms with van der Waals surface area (Å²) in [5, 5.41) is 8.96. The smallest absolute Gasteiger partial charge is 0.332 e. The number of Topliss-reactive ketones (excluding diaryl/α,β-unsaturated/α-hetero) is 1. The summed E-state index contributed by atoms with van der Waals surface area (Å²) in [5.41, 5.74) is 8.65. The van der Waals surface area contributed by atoms with Crippen molar-refractivity contribution in [1.82, 2.24) is 4.98 Å². The Kier molecular flexibility index (Phi) is 4.11. The molecule has 0 aliphatic rings. The van der Waals surface area contributed by atoms with Gasteiger partial charge in [0.25, 0.3) is 0 Å². The second kappa shape index (κ2) is 5.37. The molecule has 1 aromatic rings. The van der Waals surface area contributed by atoms with E-state index >= 15 is 0 Å². The number of nitrogens with zero attached hydrogens (tertiary/aromatic N) is 1. The van der Waals surface area contributed by atoms with Crippen LogP contribution in [0.2, 0.25) is 0 Å². The van der Waals surface area contributed by atoms with Gasteiger partial charge in [-0.2, -0.15) is 0 Å². The number of amides is 1. The highest BCUT2D eigenvalue weighted by atomic mass is 16.4. The first-order chi connectivity index (χ1) is 8.36. The SMILES string of the molecule is NC(=O)C[C@](N)(C(=O)O)C(=O)Cc1ccncc1. The second-order valence-corrected chi connectivity index (χ2v) is 3.88. The molecule has 0 aliphatic heterocycles. The predicted octanol–water partition coefficient (Wildman–Crippen LogP) is -1.15. The number of primary amides is 1. The van der Waals surface area contributed by atoms with Crippen LogP contribution >= 0.6 is 0 Å². The van der Waals surface area contributed by atoms with Crippen LogP contribution in [0.4, 0.5) is 0 Å². The quantitative estimate of drug-likeness (QED) is 0.546. The lowest BCUT2D eigenvalue weighted by molar-refractivity contribution is -0.150. The minimum absolute atomic E-state index is 0.196. The Balaban J connectivity index is 2.91. The molecule has 7 nitrogen and oxygen atoms in total. The third-order valence-corrected chi connectivity index (χ3v) is 2.45. The van der Waals surface area contributed by atoms with Crippen LogP contribution in [0.15, 0.2) is 24.5 Å². The van der Waals surface area contributed by atoms with Crippen LogP contribution in [0.5, 0.6) is 0 Å². The molecule has 1 aromatic heterocycles. The van der Waals surface area contributed by atoms with E-state index in [1.807, 2.05) is 0 Å². The average molecular weight is 251 g/mol. The fourth-order valence-electron chi connectivity index (χ4n) is 1.41. The highest BCUT2D eigenvalue weighted by Crippen LogP contribution is 2.12. The zero-order valence-electron chi connectivity index (χ0n) is 9.50. The first kappa shape index (κ1) is 13.8. The molecule has 1 heterocycles. The number of carbonyl (C=O) groups excluding carboxylic acids is 2. The topological polar surface area (TPSA) is 136 Å². The Labute approximate surface area is 103 Å². The van der Waals surface area contributed by atoms with Gasteiger partial charge in [0.15, 0.2) is 11.3 Å². The lowest BCUT2D eigenvalue weighted by Crippen LogP contribution is -2.57. The number of ketones is 1. The number of pyridine rings is 1. The number of hydrogen-bond acceptors (Lipinski definition) is 5. The molecule has 96 valence electrons. The number of carboxylic acid groups (broad SMARTS) is 1. The maximum absolute atomic E-state index is 11.9. The van der Waals surface area contributed by atoms with E-state index in [-0.39, 0.29) is 6.42 Å². The van der Waals surface area contributed by atoms with Gasteiger partial charge in [0, 0.05) is 18.8 Å². The van der Waals surface area contributed by atoms with Crippen LogP contribution in [0, 0.1) is 0 Å². The number of carbonyl (C=O) groups is 3. The monoisotopic (exact) mass is 251 g/mol. The second-order valence-electron chi connectivity index (χ2n) is 3.88. The van der Waals surface area contributed by atoms with E-state index in [0.717, 1.165) is 0 Å². The zero-order valence-corrected chi connectivity index (χ0v) is 9.50. The third-order valence-electron chi connectivity index (χ3n) is 2.45. The molecule has 1 atom stereocenters. The fraction of sp³-hybridized carbons (Fsp3) is 0.273. The van der Waals surface area contributed by atoms with Gasteiger partial charge in [-0.25, -0.2) is 4.79 Å². The van der Waals surface area contributed by atoms with Crippen molar-refractivity contribution >= 4 is 17.7 Å². The van der Waals surface area contributed by atoms with Gasteiger partial charge in [0.05, 0.1) is 6.42 Å². The summed E-state index contributed by atoms with van der Waals surface area (Å²) in [7, 11) is 0. The largest absolute Gasteiger partial charge is 0.480 e. The minimum Gasteiger partial charge on any atom is -0.480 e. The molecule has 18 heavy (non-hydrogen) atoms. The van der Waals surface area contributed by atoms with Crippen LogP contribution in [-0.4, -0.2) is 33.3 Å². The number of hydrogen-bond donors (Lipinski definition) is 3. The van der Waals surface area contributed by atoms with Crippen molar-refractivity contribution in [1.29, 1.82) is 0 Å². The van der Waals surface area contributed by atoms with Crippen molar-refractivity contribution in [3.05, 3.63) is 30.1 Å². The van der Waals surface area contributed by atoms with Crippen LogP contribution < -0.4 is 11.5 Å². The van der Waals surface area contributed by atoms with Crippen molar-refractivity contribution in [2.24, 2.45) is 11.5 Å². The summed E-state index contributed by atoms with van der Waals surface area (Å²) >= 11 is 0. The van der Waals surface area contributed by atoms with Crippen molar-refractivity contribution in [2.45, 2.75) is 18.4 Å². The zero-order chi connectivity index (χ0) is 13.8. The molecule has 5 N–H and O–H groups in total. The lowest BCUT2D eigenvalue weighted by Gasteiger charge is -2.21. The van der Waals surface area contributed by atoms with Crippen LogP contribution in [0.1, 0.15) is 12.0 Å². The van der Waals surface area contributed by atoms with Gasteiger partial charge in [-0.3, -0.25) is 14.6 Å². The summed E-state index contributed by atoms with van der Waals surface area (Å²) in [4.78, 5) is 37.5. The summed E-state index contributed by atoms with van der Waals surface area (Å²) in [6.45, 7) is 0. The van der Waals surface area contributed by atoms with Crippen LogP contribution in [0.25, 0.3) is 0 Å². The summed E-state index contributed by atoms with van der Waals surface area (Å²) < 4.78 is 0. The third kappa shape index (κ3) is 3.11. The average Bonchev–Trinajstić information content (AvgIpc) is 2.29. The number of carboxylic acids is 1. The molecule has 0 unspecified atom stereocenters. The van der Waals surface area contributed by atoms with Crippen molar-refractivity contribution in [2.75, 3.05) is 0 Å². The van der Waals surface area contributed by atoms with E-state index in [4.69, 9.17) is 16.6 Å². The van der Waals surface area contributed by atoms with Gasteiger partial charge >= 0.3 is 5.97 Å². The molecule has 0 radical (unpaired) electrons. The molecule has 7 heteroatoms. The molecule has 0 saturated carbocycles. The maximum Gasteiger partial charge on any atom is 0.332 e. The molecule has 0 aliphatic carbocycles. The molecule has 0 bridgehead atoms. The fourth-order valence-corrected chi connectivity index (χ4v) is 1.41. The molecular formula is C11H13N3O4. The number of rotatable bonds is 6. The Morgan fingerprint density at radius 2 is 1.83 bits per heavy atom. The van der Waals surface area contributed by atoms with E-state index in [2.05, 4.69) is 4.98 Å². The lowest BCUT2D eigenvalue weighted by atomic mass is 9.87. The van der Waals surface area contributed by atoms with Crippen LogP contribution in [0.3, 0.4) is 0 Å². The summed E-state index contributed by atoms with van der Waals surface area (Å²) in [6.07, 6.45) is 2.01. The van der Waals surface area contributed by atoms with Gasteiger partial charge < -0.3 is 16.6 Å². The Hall–Kier alpha value is -2.28. The van der Waals surface area contributed by atoms with Crippen molar-refractivity contribution < 1.29 is 19.5 Å². The maximum atomic E-state index is 11.9. The van der Waals surface area contributed by atoms with Gasteiger partial charge in [-0.1, -0.05) is 0 Å². The van der Waals surface area contributed by atoms with Gasteiger partial charge in [-0.15, -0.1) is 0 Å². The number of aliphatic carboxylic acids is 1. The minimum atomic E-state index is -2.28. The van der Waals surface area contributed by atoms with E-state index in [9.17, 15) is 14.4 Å². The molecular weight excluding hydrogens is 238 g/mol. The molecule has 0 fully saturated rings. The van der Waals surface area contributed by atoms with Gasteiger partial charge in [0.2, 0.25) is 5.91 Å². The van der Waals surface area contributed by atoms with Crippen molar-refractivity contribution in [3.8, 4) is 0 Å². The van der Waals surface area contributed by atoms with E-state index < -0.39 is 29.6 Å². The Bertz CT molecular complexity index is 474. The molecule has 0 spiro atoms. The predicted molar refractivity (Wildman–Crippen MR) is 61.3 cm³/mol. The first-order valence-electron chi connectivity index (χ1n) is 5.09. The number of nitrogens with two attached hydrogens (primary N) is 2. The van der Waals surface area contributed by atoms with E-state index in [1.54, 1.807) is 12.1 Å². The van der Waals surface area contributed by atoms with E-state index in [0.29, 0.717) is 5.56 Å². The van der Waals surface area contributed by atoms with Crippen molar-refractivity contribution in [3.63, 3.8) is 0 Å². The number of aromatic nitrogens is 1. The molecule has 0 saturated heterocycles. The van der Waals surface area contributed by atoms with Gasteiger partial charge in [0.1, 0.15) is 0 Å². The van der Waals surface area contributed by atoms with E-state index in [1.165, 1.54) is 12.4 Å². The normalized spacial score (nSPS) is 13.6.